The largest absolute Gasteiger partial charge is 0.569 e. The van der Waals surface area contributed by atoms with Crippen LogP contribution in [-0.4, -0.2) is 17.3 Å². The quantitative estimate of drug-likeness (QED) is 0.376. The molecule has 1 aliphatic heterocycles. The summed E-state index contributed by atoms with van der Waals surface area (Å²) in [6.07, 6.45) is 0. The lowest BCUT2D eigenvalue weighted by Crippen LogP contribution is -2.26. The Morgan fingerprint density at radius 3 is 2.35 bits per heavy atom. The molecule has 1 radical (unpaired) electrons. The number of rotatable bonds is 3. The zero-order valence-electron chi connectivity index (χ0n) is 17.5. The van der Waals surface area contributed by atoms with Gasteiger partial charge in [0.1, 0.15) is 5.75 Å². The van der Waals surface area contributed by atoms with Crippen molar-refractivity contribution >= 4 is 29.5 Å². The molecular formula is C27H21BNO2. The normalized spacial score (nSPS) is 13.9. The van der Waals surface area contributed by atoms with Gasteiger partial charge in [-0.15, -0.1) is 0 Å². The van der Waals surface area contributed by atoms with Crippen molar-refractivity contribution in [3.63, 3.8) is 0 Å². The average Bonchev–Trinajstić information content (AvgIpc) is 3.12. The molecule has 0 amide bonds. The molecule has 0 fully saturated rings. The first-order valence-electron chi connectivity index (χ1n) is 10.5. The van der Waals surface area contributed by atoms with Crippen LogP contribution in [-0.2, 0) is 5.41 Å². The second kappa shape index (κ2) is 6.50. The maximum atomic E-state index is 9.15. The Morgan fingerprint density at radius 2 is 1.55 bits per heavy atom. The van der Waals surface area contributed by atoms with E-state index in [0.29, 0.717) is 5.75 Å². The second-order valence-electron chi connectivity index (χ2n) is 8.67. The molecule has 1 N–H and O–H groups in total. The van der Waals surface area contributed by atoms with Crippen molar-refractivity contribution in [2.24, 2.45) is 0 Å². The van der Waals surface area contributed by atoms with Gasteiger partial charge >= 0.3 is 7.69 Å². The van der Waals surface area contributed by atoms with Gasteiger partial charge in [0, 0.05) is 16.2 Å². The molecular weight excluding hydrogens is 381 g/mol. The van der Waals surface area contributed by atoms with E-state index >= 15 is 0 Å². The van der Waals surface area contributed by atoms with Crippen LogP contribution in [0.4, 0.5) is 0 Å². The van der Waals surface area contributed by atoms with Crippen molar-refractivity contribution in [3.05, 3.63) is 96.1 Å². The maximum Gasteiger partial charge on any atom is 0.569 e. The highest BCUT2D eigenvalue weighted by Gasteiger charge is 2.35. The zero-order chi connectivity index (χ0) is 21.2. The highest BCUT2D eigenvalue weighted by atomic mass is 16.5. The third kappa shape index (κ3) is 2.52. The van der Waals surface area contributed by atoms with Crippen LogP contribution in [0.1, 0.15) is 25.0 Å². The Balaban J connectivity index is 1.81. The number of benzene rings is 4. The summed E-state index contributed by atoms with van der Waals surface area (Å²) in [5.74, 6) is 0.618. The van der Waals surface area contributed by atoms with Gasteiger partial charge in [0.25, 0.3) is 0 Å². The lowest BCUT2D eigenvalue weighted by Gasteiger charge is -2.35. The minimum Gasteiger partial charge on any atom is -0.537 e. The van der Waals surface area contributed by atoms with Crippen molar-refractivity contribution in [1.82, 2.24) is 4.57 Å². The molecule has 0 unspecified atom stereocenters. The molecule has 2 heterocycles. The minimum atomic E-state index is -0.137. The number of aromatic nitrogens is 1. The van der Waals surface area contributed by atoms with Gasteiger partial charge < -0.3 is 14.2 Å². The molecule has 3 nitrogen and oxygen atoms in total. The average molecular weight is 402 g/mol. The summed E-state index contributed by atoms with van der Waals surface area (Å²) in [6, 6.07) is 29.8. The first kappa shape index (κ1) is 18.3. The van der Waals surface area contributed by atoms with E-state index in [1.54, 1.807) is 0 Å². The zero-order valence-corrected chi connectivity index (χ0v) is 17.5. The van der Waals surface area contributed by atoms with E-state index < -0.39 is 0 Å². The van der Waals surface area contributed by atoms with Crippen molar-refractivity contribution in [2.45, 2.75) is 19.3 Å². The second-order valence-corrected chi connectivity index (χ2v) is 8.67. The van der Waals surface area contributed by atoms with Crippen LogP contribution in [0.5, 0.6) is 5.75 Å². The smallest absolute Gasteiger partial charge is 0.537 e. The predicted molar refractivity (Wildman–Crippen MR) is 127 cm³/mol. The molecule has 0 saturated heterocycles. The van der Waals surface area contributed by atoms with E-state index in [-0.39, 0.29) is 5.41 Å². The molecule has 0 aliphatic carbocycles. The molecule has 1 aromatic heterocycles. The third-order valence-electron chi connectivity index (χ3n) is 6.62. The van der Waals surface area contributed by atoms with Crippen LogP contribution in [0, 0.1) is 0 Å². The van der Waals surface area contributed by atoms with Crippen LogP contribution in [0.15, 0.2) is 84.9 Å². The first-order chi connectivity index (χ1) is 15.1. The summed E-state index contributed by atoms with van der Waals surface area (Å²) in [7, 11) is 0.734. The Morgan fingerprint density at radius 1 is 0.774 bits per heavy atom. The molecule has 4 heteroatoms. The molecule has 6 rings (SSSR count). The van der Waals surface area contributed by atoms with Crippen molar-refractivity contribution in [3.8, 4) is 22.6 Å². The maximum absolute atomic E-state index is 9.15. The van der Waals surface area contributed by atoms with Gasteiger partial charge in [0.2, 0.25) is 0 Å². The van der Waals surface area contributed by atoms with E-state index in [0.717, 1.165) is 18.6 Å². The van der Waals surface area contributed by atoms with Gasteiger partial charge in [-0.2, -0.15) is 0 Å². The van der Waals surface area contributed by atoms with Crippen molar-refractivity contribution in [1.29, 1.82) is 0 Å². The van der Waals surface area contributed by atoms with Gasteiger partial charge in [-0.05, 0) is 58.7 Å². The molecule has 0 spiro atoms. The molecule has 5 aromatic rings. The molecule has 1 aliphatic rings. The molecule has 0 saturated carbocycles. The predicted octanol–water partition coefficient (Wildman–Crippen LogP) is 6.00. The summed E-state index contributed by atoms with van der Waals surface area (Å²) >= 11 is 0. The van der Waals surface area contributed by atoms with Gasteiger partial charge in [0.05, 0.1) is 16.7 Å². The Labute approximate surface area is 181 Å². The lowest BCUT2D eigenvalue weighted by atomic mass is 9.74. The van der Waals surface area contributed by atoms with Crippen LogP contribution >= 0.6 is 0 Å². The Bertz CT molecular complexity index is 1470. The van der Waals surface area contributed by atoms with Crippen LogP contribution in [0.3, 0.4) is 0 Å². The molecule has 0 bridgehead atoms. The number of para-hydroxylation sites is 1. The molecule has 149 valence electrons. The van der Waals surface area contributed by atoms with E-state index in [9.17, 15) is 0 Å². The summed E-state index contributed by atoms with van der Waals surface area (Å²) in [4.78, 5) is 0. The SMILES string of the molecule is CC1(C)c2ccccc2-n2c3ccc(O[B]O)cc3c3cc(-c4ccccc4)cc1c32. The molecule has 31 heavy (non-hydrogen) atoms. The van der Waals surface area contributed by atoms with Crippen LogP contribution in [0.25, 0.3) is 38.6 Å². The summed E-state index contributed by atoms with van der Waals surface area (Å²) in [6.45, 7) is 4.62. The van der Waals surface area contributed by atoms with Gasteiger partial charge in [-0.25, -0.2) is 0 Å². The minimum absolute atomic E-state index is 0.137. The van der Waals surface area contributed by atoms with E-state index in [4.69, 9.17) is 9.68 Å². The van der Waals surface area contributed by atoms with E-state index in [1.807, 2.05) is 18.2 Å². The van der Waals surface area contributed by atoms with E-state index in [2.05, 4.69) is 85.1 Å². The summed E-state index contributed by atoms with van der Waals surface area (Å²) in [5, 5.41) is 11.5. The number of nitrogens with zero attached hydrogens (tertiary/aromatic N) is 1. The fourth-order valence-corrected chi connectivity index (χ4v) is 5.13. The van der Waals surface area contributed by atoms with E-state index in [1.165, 1.54) is 38.8 Å². The first-order valence-corrected chi connectivity index (χ1v) is 10.5. The van der Waals surface area contributed by atoms with Gasteiger partial charge in [0.15, 0.2) is 0 Å². The number of hydrogen-bond acceptors (Lipinski definition) is 2. The third-order valence-corrected chi connectivity index (χ3v) is 6.62. The van der Waals surface area contributed by atoms with Gasteiger partial charge in [-0.3, -0.25) is 0 Å². The summed E-state index contributed by atoms with van der Waals surface area (Å²) < 4.78 is 7.68. The fraction of sp³-hybridized carbons (Fsp3) is 0.111. The van der Waals surface area contributed by atoms with Crippen molar-refractivity contribution in [2.75, 3.05) is 0 Å². The highest BCUT2D eigenvalue weighted by molar-refractivity contribution is 6.18. The van der Waals surface area contributed by atoms with Crippen LogP contribution < -0.4 is 4.65 Å². The number of fused-ring (bicyclic) bond motifs is 5. The van der Waals surface area contributed by atoms with Gasteiger partial charge in [-0.1, -0.05) is 62.4 Å². The topological polar surface area (TPSA) is 34.4 Å². The lowest BCUT2D eigenvalue weighted by molar-refractivity contribution is 0.454. The summed E-state index contributed by atoms with van der Waals surface area (Å²) in [5.41, 5.74) is 8.49. The fourth-order valence-electron chi connectivity index (χ4n) is 5.13. The standard InChI is InChI=1S/C27H21BNO2/c1-27(2)22-10-6-7-11-25(22)29-24-13-12-19(31-28-30)16-20(24)21-14-18(15-23(27)26(21)29)17-8-4-3-5-9-17/h3-16,30H,1-2H3. The number of hydrogen-bond donors (Lipinski definition) is 1. The monoisotopic (exact) mass is 402 g/mol. The van der Waals surface area contributed by atoms with Crippen molar-refractivity contribution < 1.29 is 9.68 Å². The highest BCUT2D eigenvalue weighted by Crippen LogP contribution is 2.49. The molecule has 4 aromatic carbocycles. The van der Waals surface area contributed by atoms with Crippen LogP contribution in [0.2, 0.25) is 0 Å². The molecule has 0 atom stereocenters. The Kier molecular flexibility index (Phi) is 3.83. The Hall–Kier alpha value is -3.50.